The molecule has 1 fully saturated rings. The van der Waals surface area contributed by atoms with Crippen LogP contribution in [0.25, 0.3) is 0 Å². The molecule has 0 aromatic heterocycles. The predicted molar refractivity (Wildman–Crippen MR) is 87.5 cm³/mol. The zero-order valence-corrected chi connectivity index (χ0v) is 15.1. The van der Waals surface area contributed by atoms with E-state index in [1.807, 2.05) is 0 Å². The Hall–Kier alpha value is -2.25. The van der Waals surface area contributed by atoms with E-state index < -0.39 is 35.4 Å². The third-order valence-corrected chi connectivity index (χ3v) is 4.11. The minimum absolute atomic E-state index is 0.167. The lowest BCUT2D eigenvalue weighted by Crippen LogP contribution is -2.43. The molecule has 0 spiro atoms. The molecule has 0 unspecified atom stereocenters. The Bertz CT molecular complexity index is 664. The van der Waals surface area contributed by atoms with Crippen LogP contribution in [0.1, 0.15) is 44.2 Å². The maximum Gasteiger partial charge on any atom is 0.416 e. The standard InChI is InChI=1S/C18H22F3NO4/c1-17(2,3)26-16(24)22-10-12(9-14(22)15(23)25-4)11-5-7-13(8-6-11)18(19,20)21/h5-8,12,14H,9-10H2,1-4H3/t12-,14-/m0/s1. The molecule has 1 heterocycles. The van der Waals surface area contributed by atoms with Gasteiger partial charge in [-0.25, -0.2) is 9.59 Å². The normalized spacial score (nSPS) is 20.8. The van der Waals surface area contributed by atoms with Crippen LogP contribution >= 0.6 is 0 Å². The van der Waals surface area contributed by atoms with Crippen molar-refractivity contribution in [1.29, 1.82) is 0 Å². The van der Waals surface area contributed by atoms with E-state index in [1.165, 1.54) is 24.1 Å². The molecule has 1 amide bonds. The van der Waals surface area contributed by atoms with Gasteiger partial charge in [-0.05, 0) is 44.9 Å². The van der Waals surface area contributed by atoms with Gasteiger partial charge in [0, 0.05) is 12.5 Å². The average molecular weight is 373 g/mol. The quantitative estimate of drug-likeness (QED) is 0.736. The predicted octanol–water partition coefficient (Wildman–Crippen LogP) is 3.97. The first-order valence-corrected chi connectivity index (χ1v) is 8.17. The number of rotatable bonds is 2. The van der Waals surface area contributed by atoms with Crippen LogP contribution in [0.2, 0.25) is 0 Å². The topological polar surface area (TPSA) is 55.8 Å². The number of halogens is 3. The number of benzene rings is 1. The number of ether oxygens (including phenoxy) is 2. The third kappa shape index (κ3) is 4.68. The number of likely N-dealkylation sites (tertiary alicyclic amines) is 1. The molecule has 1 aromatic carbocycles. The van der Waals surface area contributed by atoms with Crippen LogP contribution in [0.15, 0.2) is 24.3 Å². The van der Waals surface area contributed by atoms with Crippen molar-refractivity contribution in [2.24, 2.45) is 0 Å². The van der Waals surface area contributed by atoms with Crippen molar-refractivity contribution in [3.63, 3.8) is 0 Å². The van der Waals surface area contributed by atoms with Crippen LogP contribution in [0.5, 0.6) is 0 Å². The van der Waals surface area contributed by atoms with Crippen LogP contribution in [0.3, 0.4) is 0 Å². The molecular weight excluding hydrogens is 351 g/mol. The Balaban J connectivity index is 2.21. The largest absolute Gasteiger partial charge is 0.467 e. The van der Waals surface area contributed by atoms with Gasteiger partial charge in [0.25, 0.3) is 0 Å². The van der Waals surface area contributed by atoms with E-state index >= 15 is 0 Å². The molecule has 2 atom stereocenters. The van der Waals surface area contributed by atoms with E-state index in [4.69, 9.17) is 9.47 Å². The fraction of sp³-hybridized carbons (Fsp3) is 0.556. The molecule has 26 heavy (non-hydrogen) atoms. The summed E-state index contributed by atoms with van der Waals surface area (Å²) in [5, 5.41) is 0. The summed E-state index contributed by atoms with van der Waals surface area (Å²) < 4.78 is 48.2. The second-order valence-corrected chi connectivity index (χ2v) is 7.22. The first kappa shape index (κ1) is 20.1. The minimum Gasteiger partial charge on any atom is -0.467 e. The second kappa shape index (κ2) is 7.17. The van der Waals surface area contributed by atoms with Crippen LogP contribution in [-0.2, 0) is 20.4 Å². The molecule has 0 N–H and O–H groups in total. The van der Waals surface area contributed by atoms with Crippen LogP contribution in [0.4, 0.5) is 18.0 Å². The summed E-state index contributed by atoms with van der Waals surface area (Å²) in [7, 11) is 1.22. The summed E-state index contributed by atoms with van der Waals surface area (Å²) in [6.07, 6.45) is -4.80. The lowest BCUT2D eigenvalue weighted by Gasteiger charge is -2.27. The Morgan fingerprint density at radius 1 is 1.12 bits per heavy atom. The van der Waals surface area contributed by atoms with Crippen LogP contribution < -0.4 is 0 Å². The molecule has 2 rings (SSSR count). The Labute approximate surface area is 150 Å². The van der Waals surface area contributed by atoms with Gasteiger partial charge in [-0.2, -0.15) is 13.2 Å². The molecule has 0 aliphatic carbocycles. The first-order valence-electron chi connectivity index (χ1n) is 8.17. The Morgan fingerprint density at radius 2 is 1.69 bits per heavy atom. The van der Waals surface area contributed by atoms with Crippen molar-refractivity contribution in [2.75, 3.05) is 13.7 Å². The van der Waals surface area contributed by atoms with Gasteiger partial charge < -0.3 is 9.47 Å². The highest BCUT2D eigenvalue weighted by molar-refractivity contribution is 5.82. The van der Waals surface area contributed by atoms with Gasteiger partial charge in [-0.1, -0.05) is 12.1 Å². The number of carbonyl (C=O) groups excluding carboxylic acids is 2. The summed E-state index contributed by atoms with van der Waals surface area (Å²) in [4.78, 5) is 25.7. The van der Waals surface area contributed by atoms with Crippen molar-refractivity contribution >= 4 is 12.1 Å². The molecule has 0 saturated carbocycles. The molecule has 144 valence electrons. The third-order valence-electron chi connectivity index (χ3n) is 4.11. The monoisotopic (exact) mass is 373 g/mol. The second-order valence-electron chi connectivity index (χ2n) is 7.22. The summed E-state index contributed by atoms with van der Waals surface area (Å²) in [5.41, 5.74) is -0.852. The molecule has 0 radical (unpaired) electrons. The van der Waals surface area contributed by atoms with Gasteiger partial charge in [0.1, 0.15) is 11.6 Å². The van der Waals surface area contributed by atoms with E-state index in [-0.39, 0.29) is 18.9 Å². The molecule has 8 heteroatoms. The zero-order valence-electron chi connectivity index (χ0n) is 15.1. The Morgan fingerprint density at radius 3 is 2.15 bits per heavy atom. The van der Waals surface area contributed by atoms with E-state index in [2.05, 4.69) is 0 Å². The Kier molecular flexibility index (Phi) is 5.53. The smallest absolute Gasteiger partial charge is 0.416 e. The average Bonchev–Trinajstić information content (AvgIpc) is 2.97. The number of carbonyl (C=O) groups is 2. The number of nitrogens with zero attached hydrogens (tertiary/aromatic N) is 1. The molecule has 1 aliphatic rings. The van der Waals surface area contributed by atoms with Gasteiger partial charge in [-0.3, -0.25) is 4.90 Å². The molecule has 5 nitrogen and oxygen atoms in total. The van der Waals surface area contributed by atoms with Crippen molar-refractivity contribution in [3.05, 3.63) is 35.4 Å². The van der Waals surface area contributed by atoms with E-state index in [0.717, 1.165) is 12.1 Å². The summed E-state index contributed by atoms with van der Waals surface area (Å²) in [5.74, 6) is -0.862. The maximum atomic E-state index is 12.7. The van der Waals surface area contributed by atoms with Gasteiger partial charge in [0.15, 0.2) is 0 Å². The summed E-state index contributed by atoms with van der Waals surface area (Å²) in [6.45, 7) is 5.30. The number of alkyl halides is 3. The van der Waals surface area contributed by atoms with Crippen molar-refractivity contribution < 1.29 is 32.2 Å². The van der Waals surface area contributed by atoms with Gasteiger partial charge >= 0.3 is 18.2 Å². The fourth-order valence-corrected chi connectivity index (χ4v) is 2.90. The highest BCUT2D eigenvalue weighted by Gasteiger charge is 2.42. The zero-order chi connectivity index (χ0) is 19.7. The maximum absolute atomic E-state index is 12.7. The summed E-state index contributed by atoms with van der Waals surface area (Å²) >= 11 is 0. The van der Waals surface area contributed by atoms with Crippen LogP contribution in [-0.4, -0.2) is 42.3 Å². The molecule has 0 bridgehead atoms. The molecular formula is C18H22F3NO4. The number of amides is 1. The number of hydrogen-bond acceptors (Lipinski definition) is 4. The van der Waals surface area contributed by atoms with E-state index in [1.54, 1.807) is 20.8 Å². The van der Waals surface area contributed by atoms with E-state index in [0.29, 0.717) is 5.56 Å². The van der Waals surface area contributed by atoms with Gasteiger partial charge in [0.05, 0.1) is 12.7 Å². The number of esters is 1. The van der Waals surface area contributed by atoms with Crippen molar-refractivity contribution in [3.8, 4) is 0 Å². The minimum atomic E-state index is -4.41. The van der Waals surface area contributed by atoms with E-state index in [9.17, 15) is 22.8 Å². The lowest BCUT2D eigenvalue weighted by atomic mass is 9.95. The van der Waals surface area contributed by atoms with Gasteiger partial charge in [-0.15, -0.1) is 0 Å². The number of methoxy groups -OCH3 is 1. The highest BCUT2D eigenvalue weighted by Crippen LogP contribution is 2.35. The molecule has 1 aliphatic heterocycles. The number of hydrogen-bond donors (Lipinski definition) is 0. The van der Waals surface area contributed by atoms with Crippen LogP contribution in [0, 0.1) is 0 Å². The van der Waals surface area contributed by atoms with Crippen molar-refractivity contribution in [1.82, 2.24) is 4.90 Å². The van der Waals surface area contributed by atoms with Gasteiger partial charge in [0.2, 0.25) is 0 Å². The molecule has 1 aromatic rings. The SMILES string of the molecule is COC(=O)[C@@H]1C[C@H](c2ccc(C(F)(F)F)cc2)CN1C(=O)OC(C)(C)C. The fourth-order valence-electron chi connectivity index (χ4n) is 2.90. The first-order chi connectivity index (χ1) is 11.9. The lowest BCUT2D eigenvalue weighted by molar-refractivity contribution is -0.145. The molecule has 1 saturated heterocycles. The van der Waals surface area contributed by atoms with Crippen molar-refractivity contribution in [2.45, 2.75) is 50.9 Å². The summed E-state index contributed by atoms with van der Waals surface area (Å²) in [6, 6.07) is 3.92. The highest BCUT2D eigenvalue weighted by atomic mass is 19.4.